The minimum atomic E-state index is -0.645. The molecular weight excluding hydrogens is 421 g/mol. The molecule has 2 atom stereocenters. The molecule has 2 aliphatic heterocycles. The number of aromatic nitrogens is 2. The molecular formula is C25H22FN5O2. The molecule has 1 fully saturated rings. The number of nitrogens with zero attached hydrogens (tertiary/aromatic N) is 5. The van der Waals surface area contributed by atoms with E-state index in [2.05, 4.69) is 4.98 Å². The van der Waals surface area contributed by atoms with E-state index in [0.29, 0.717) is 17.1 Å². The van der Waals surface area contributed by atoms with Crippen LogP contribution >= 0.6 is 0 Å². The van der Waals surface area contributed by atoms with Crippen molar-refractivity contribution in [2.24, 2.45) is 0 Å². The van der Waals surface area contributed by atoms with E-state index in [9.17, 15) is 9.59 Å². The van der Waals surface area contributed by atoms with Crippen molar-refractivity contribution in [3.8, 4) is 0 Å². The highest BCUT2D eigenvalue weighted by Gasteiger charge is 2.45. The van der Waals surface area contributed by atoms with Crippen LogP contribution in [0.2, 0.25) is 0 Å². The third kappa shape index (κ3) is 2.86. The van der Waals surface area contributed by atoms with Gasteiger partial charge in [0.15, 0.2) is 17.5 Å². The lowest BCUT2D eigenvalue weighted by atomic mass is 9.99. The van der Waals surface area contributed by atoms with Gasteiger partial charge in [0.1, 0.15) is 6.04 Å². The molecule has 33 heavy (non-hydrogen) atoms. The molecule has 2 amide bonds. The van der Waals surface area contributed by atoms with Gasteiger partial charge in [-0.1, -0.05) is 24.3 Å². The van der Waals surface area contributed by atoms with Gasteiger partial charge in [0.2, 0.25) is 5.91 Å². The van der Waals surface area contributed by atoms with Crippen LogP contribution in [-0.4, -0.2) is 40.9 Å². The van der Waals surface area contributed by atoms with Crippen molar-refractivity contribution in [3.63, 3.8) is 0 Å². The molecule has 0 bridgehead atoms. The minimum Gasteiger partial charge on any atom is -0.340 e. The zero-order valence-electron chi connectivity index (χ0n) is 18.3. The first-order chi connectivity index (χ1) is 16.0. The number of likely N-dealkylation sites (N-methyl/N-ethyl adjacent to an activating group) is 1. The van der Waals surface area contributed by atoms with Crippen molar-refractivity contribution in [1.29, 1.82) is 0 Å². The minimum absolute atomic E-state index is 0.0376. The average Bonchev–Trinajstić information content (AvgIpc) is 3.62. The molecule has 4 heterocycles. The van der Waals surface area contributed by atoms with Crippen LogP contribution in [0.3, 0.4) is 0 Å². The summed E-state index contributed by atoms with van der Waals surface area (Å²) in [4.78, 5) is 40.1. The molecule has 7 nitrogen and oxygen atoms in total. The maximum absolute atomic E-state index is 15.6. The Labute approximate surface area is 190 Å². The second-order valence-corrected chi connectivity index (χ2v) is 8.80. The van der Waals surface area contributed by atoms with Crippen LogP contribution in [0.4, 0.5) is 21.7 Å². The van der Waals surface area contributed by atoms with E-state index in [1.807, 2.05) is 30.0 Å². The summed E-state index contributed by atoms with van der Waals surface area (Å²) in [7, 11) is 1.64. The molecule has 1 aliphatic carbocycles. The Kier molecular flexibility index (Phi) is 4.27. The summed E-state index contributed by atoms with van der Waals surface area (Å²) in [6, 6.07) is 11.6. The first kappa shape index (κ1) is 19.8. The van der Waals surface area contributed by atoms with Gasteiger partial charge < -0.3 is 9.80 Å². The largest absolute Gasteiger partial charge is 0.340 e. The van der Waals surface area contributed by atoms with Crippen LogP contribution in [0.25, 0.3) is 0 Å². The zero-order chi connectivity index (χ0) is 22.9. The van der Waals surface area contributed by atoms with E-state index in [4.69, 9.17) is 4.98 Å². The van der Waals surface area contributed by atoms with Crippen LogP contribution in [-0.2, 0) is 4.79 Å². The number of halogens is 1. The van der Waals surface area contributed by atoms with Gasteiger partial charge in [-0.15, -0.1) is 0 Å². The molecule has 8 heteroatoms. The quantitative estimate of drug-likeness (QED) is 0.618. The van der Waals surface area contributed by atoms with Crippen molar-refractivity contribution < 1.29 is 14.0 Å². The second-order valence-electron chi connectivity index (χ2n) is 8.80. The number of pyridine rings is 2. The maximum atomic E-state index is 15.6. The SMILES string of the molecule is CC1C(=O)N(C)c2cc(F)c(N3C(=O)c4ccccc4C3c3cccnc3)nc2N1C1CC1. The Hall–Kier alpha value is -3.81. The average molecular weight is 443 g/mol. The van der Waals surface area contributed by atoms with E-state index in [-0.39, 0.29) is 23.7 Å². The molecule has 2 aromatic heterocycles. The molecule has 0 N–H and O–H groups in total. The highest BCUT2D eigenvalue weighted by molar-refractivity contribution is 6.12. The van der Waals surface area contributed by atoms with Gasteiger partial charge in [0.25, 0.3) is 5.91 Å². The summed E-state index contributed by atoms with van der Waals surface area (Å²) >= 11 is 0. The number of rotatable bonds is 3. The number of anilines is 3. The molecule has 0 spiro atoms. The van der Waals surface area contributed by atoms with Crippen molar-refractivity contribution in [2.75, 3.05) is 21.7 Å². The van der Waals surface area contributed by atoms with Gasteiger partial charge in [-0.05, 0) is 43.0 Å². The first-order valence-corrected chi connectivity index (χ1v) is 11.1. The molecule has 6 rings (SSSR count). The van der Waals surface area contributed by atoms with Crippen molar-refractivity contribution >= 4 is 29.1 Å². The fourth-order valence-electron chi connectivity index (χ4n) is 5.01. The lowest BCUT2D eigenvalue weighted by molar-refractivity contribution is -0.119. The highest BCUT2D eigenvalue weighted by atomic mass is 19.1. The zero-order valence-corrected chi connectivity index (χ0v) is 18.3. The Morgan fingerprint density at radius 2 is 1.85 bits per heavy atom. The number of carbonyl (C=O) groups is 2. The Morgan fingerprint density at radius 1 is 1.06 bits per heavy atom. The highest BCUT2D eigenvalue weighted by Crippen LogP contribution is 2.46. The maximum Gasteiger partial charge on any atom is 0.260 e. The summed E-state index contributed by atoms with van der Waals surface area (Å²) in [5, 5.41) is 0. The molecule has 2 unspecified atom stereocenters. The van der Waals surface area contributed by atoms with Gasteiger partial charge >= 0.3 is 0 Å². The number of benzene rings is 1. The summed E-state index contributed by atoms with van der Waals surface area (Å²) in [5.41, 5.74) is 2.50. The normalized spacial score (nSPS) is 22.0. The molecule has 166 valence electrons. The van der Waals surface area contributed by atoms with Crippen molar-refractivity contribution in [1.82, 2.24) is 9.97 Å². The molecule has 3 aromatic rings. The van der Waals surface area contributed by atoms with Gasteiger partial charge in [-0.3, -0.25) is 19.5 Å². The lowest BCUT2D eigenvalue weighted by Crippen LogP contribution is -2.52. The van der Waals surface area contributed by atoms with Crippen LogP contribution in [0.15, 0.2) is 54.9 Å². The van der Waals surface area contributed by atoms with Crippen LogP contribution < -0.4 is 14.7 Å². The summed E-state index contributed by atoms with van der Waals surface area (Å²) in [5.74, 6) is -0.548. The van der Waals surface area contributed by atoms with Gasteiger partial charge in [0.05, 0.1) is 11.7 Å². The number of hydrogen-bond acceptors (Lipinski definition) is 5. The molecule has 1 saturated carbocycles. The Morgan fingerprint density at radius 3 is 2.58 bits per heavy atom. The summed E-state index contributed by atoms with van der Waals surface area (Å²) < 4.78 is 15.6. The van der Waals surface area contributed by atoms with Crippen molar-refractivity contribution in [2.45, 2.75) is 37.9 Å². The van der Waals surface area contributed by atoms with E-state index < -0.39 is 17.9 Å². The van der Waals surface area contributed by atoms with E-state index in [1.165, 1.54) is 15.9 Å². The Bertz CT molecular complexity index is 1290. The third-order valence-corrected chi connectivity index (χ3v) is 6.76. The molecule has 3 aliphatic rings. The second kappa shape index (κ2) is 7.10. The van der Waals surface area contributed by atoms with Crippen LogP contribution in [0.1, 0.15) is 47.3 Å². The fourth-order valence-corrected chi connectivity index (χ4v) is 5.01. The molecule has 1 aromatic carbocycles. The third-order valence-electron chi connectivity index (χ3n) is 6.76. The van der Waals surface area contributed by atoms with Gasteiger partial charge in [-0.2, -0.15) is 0 Å². The van der Waals surface area contributed by atoms with Crippen molar-refractivity contribution in [3.05, 3.63) is 77.4 Å². The first-order valence-electron chi connectivity index (χ1n) is 11.1. The predicted molar refractivity (Wildman–Crippen MR) is 122 cm³/mol. The van der Waals surface area contributed by atoms with E-state index in [1.54, 1.807) is 37.6 Å². The standard InChI is InChI=1S/C25H22FN5O2/c1-14-24(32)29(2)20-12-19(26)22(28-23(20)30(14)16-9-10-16)31-21(15-6-5-11-27-13-15)17-7-3-4-8-18(17)25(31)33/h3-8,11-14,16,21H,9-10H2,1-2H3. The smallest absolute Gasteiger partial charge is 0.260 e. The molecule has 0 radical (unpaired) electrons. The lowest BCUT2D eigenvalue weighted by Gasteiger charge is -2.40. The van der Waals surface area contributed by atoms with Gasteiger partial charge in [-0.25, -0.2) is 9.37 Å². The number of carbonyl (C=O) groups excluding carboxylic acids is 2. The van der Waals surface area contributed by atoms with Crippen LogP contribution in [0.5, 0.6) is 0 Å². The van der Waals surface area contributed by atoms with Gasteiger partial charge in [0, 0.05) is 37.1 Å². The Balaban J connectivity index is 1.55. The number of fused-ring (bicyclic) bond motifs is 2. The monoisotopic (exact) mass is 443 g/mol. The number of hydrogen-bond donors (Lipinski definition) is 0. The van der Waals surface area contributed by atoms with Crippen LogP contribution in [0, 0.1) is 5.82 Å². The molecule has 0 saturated heterocycles. The summed E-state index contributed by atoms with van der Waals surface area (Å²) in [6.45, 7) is 1.85. The summed E-state index contributed by atoms with van der Waals surface area (Å²) in [6.07, 6.45) is 5.27. The fraction of sp³-hybridized carbons (Fsp3) is 0.280. The van der Waals surface area contributed by atoms with E-state index >= 15 is 4.39 Å². The van der Waals surface area contributed by atoms with E-state index in [0.717, 1.165) is 24.0 Å². The number of amides is 2. The topological polar surface area (TPSA) is 69.6 Å². The predicted octanol–water partition coefficient (Wildman–Crippen LogP) is 3.70.